The maximum Gasteiger partial charge on any atom is 0.183 e. The van der Waals surface area contributed by atoms with Crippen molar-refractivity contribution in [2.75, 3.05) is 6.54 Å². The van der Waals surface area contributed by atoms with Crippen LogP contribution in [0.25, 0.3) is 0 Å². The number of phenolic OH excluding ortho intramolecular Hbond substituents is 1. The summed E-state index contributed by atoms with van der Waals surface area (Å²) in [6.07, 6.45) is 1.88. The monoisotopic (exact) mass is 247 g/mol. The first-order chi connectivity index (χ1) is 8.39. The van der Waals surface area contributed by atoms with Gasteiger partial charge in [0.25, 0.3) is 0 Å². The van der Waals surface area contributed by atoms with Crippen molar-refractivity contribution in [1.82, 2.24) is 5.32 Å². The number of rotatable bonds is 2. The van der Waals surface area contributed by atoms with Gasteiger partial charge in [-0.15, -0.1) is 0 Å². The van der Waals surface area contributed by atoms with E-state index in [4.69, 9.17) is 0 Å². The van der Waals surface area contributed by atoms with E-state index in [1.807, 2.05) is 12.1 Å². The predicted octanol–water partition coefficient (Wildman–Crippen LogP) is 2.62. The lowest BCUT2D eigenvalue weighted by Crippen LogP contribution is -2.31. The number of phenols is 1. The lowest BCUT2D eigenvalue weighted by molar-refractivity contribution is 0.0949. The van der Waals surface area contributed by atoms with Crippen molar-refractivity contribution in [3.8, 4) is 5.75 Å². The highest BCUT2D eigenvalue weighted by Gasteiger charge is 2.26. The van der Waals surface area contributed by atoms with Gasteiger partial charge in [0.1, 0.15) is 5.75 Å². The minimum absolute atomic E-state index is 0.0103. The summed E-state index contributed by atoms with van der Waals surface area (Å²) in [7, 11) is 0. The number of benzene rings is 1. The Morgan fingerprint density at radius 3 is 2.67 bits per heavy atom. The van der Waals surface area contributed by atoms with Gasteiger partial charge in [0.05, 0.1) is 11.6 Å². The molecule has 0 saturated carbocycles. The highest BCUT2D eigenvalue weighted by Crippen LogP contribution is 2.28. The van der Waals surface area contributed by atoms with Gasteiger partial charge in [-0.2, -0.15) is 0 Å². The van der Waals surface area contributed by atoms with Gasteiger partial charge in [-0.3, -0.25) is 4.79 Å². The van der Waals surface area contributed by atoms with Crippen LogP contribution in [0.3, 0.4) is 0 Å². The maximum atomic E-state index is 12.3. The third kappa shape index (κ3) is 2.56. The second kappa shape index (κ2) is 4.73. The predicted molar refractivity (Wildman–Crippen MR) is 72.2 cm³/mol. The van der Waals surface area contributed by atoms with Crippen molar-refractivity contribution in [3.63, 3.8) is 0 Å². The molecule has 1 fully saturated rings. The number of ketones is 1. The van der Waals surface area contributed by atoms with Crippen LogP contribution in [0, 0.1) is 0 Å². The quantitative estimate of drug-likeness (QED) is 0.790. The number of hydrogen-bond donors (Lipinski definition) is 2. The van der Waals surface area contributed by atoms with E-state index in [9.17, 15) is 9.90 Å². The van der Waals surface area contributed by atoms with Crippen LogP contribution in [0.15, 0.2) is 18.2 Å². The molecule has 0 amide bonds. The van der Waals surface area contributed by atoms with E-state index >= 15 is 0 Å². The first-order valence-corrected chi connectivity index (χ1v) is 6.50. The molecule has 1 unspecified atom stereocenters. The molecule has 3 heteroatoms. The number of aromatic hydroxyl groups is 1. The van der Waals surface area contributed by atoms with Crippen LogP contribution >= 0.6 is 0 Å². The van der Waals surface area contributed by atoms with Crippen LogP contribution in [0.5, 0.6) is 5.75 Å². The van der Waals surface area contributed by atoms with Crippen LogP contribution in [-0.4, -0.2) is 23.5 Å². The minimum Gasteiger partial charge on any atom is -0.507 e. The SMILES string of the molecule is CC(C)(C)c1ccc(O)c(C(=O)C2CCCN2)c1. The first kappa shape index (κ1) is 13.1. The van der Waals surface area contributed by atoms with Gasteiger partial charge < -0.3 is 10.4 Å². The summed E-state index contributed by atoms with van der Waals surface area (Å²) in [6, 6.07) is 5.21. The van der Waals surface area contributed by atoms with Crippen molar-refractivity contribution in [2.24, 2.45) is 0 Å². The van der Waals surface area contributed by atoms with E-state index in [2.05, 4.69) is 26.1 Å². The Balaban J connectivity index is 2.34. The van der Waals surface area contributed by atoms with Gasteiger partial charge in [-0.05, 0) is 42.5 Å². The molecule has 1 heterocycles. The van der Waals surface area contributed by atoms with E-state index in [0.29, 0.717) is 5.56 Å². The highest BCUT2D eigenvalue weighted by atomic mass is 16.3. The van der Waals surface area contributed by atoms with Crippen LogP contribution in [0.1, 0.15) is 49.5 Å². The van der Waals surface area contributed by atoms with Gasteiger partial charge in [-0.25, -0.2) is 0 Å². The van der Waals surface area contributed by atoms with E-state index in [-0.39, 0.29) is 23.0 Å². The van der Waals surface area contributed by atoms with E-state index in [0.717, 1.165) is 24.9 Å². The van der Waals surface area contributed by atoms with Gasteiger partial charge in [0.15, 0.2) is 5.78 Å². The fraction of sp³-hybridized carbons (Fsp3) is 0.533. The molecule has 1 aliphatic heterocycles. The second-order valence-corrected chi connectivity index (χ2v) is 6.00. The number of hydrogen-bond acceptors (Lipinski definition) is 3. The average molecular weight is 247 g/mol. The Bertz CT molecular complexity index is 454. The topological polar surface area (TPSA) is 49.3 Å². The Hall–Kier alpha value is -1.35. The van der Waals surface area contributed by atoms with Crippen molar-refractivity contribution in [2.45, 2.75) is 45.1 Å². The lowest BCUT2D eigenvalue weighted by atomic mass is 9.85. The second-order valence-electron chi connectivity index (χ2n) is 6.00. The molecule has 1 saturated heterocycles. The molecule has 0 aromatic heterocycles. The van der Waals surface area contributed by atoms with E-state index < -0.39 is 0 Å². The van der Waals surface area contributed by atoms with Crippen LogP contribution in [0.2, 0.25) is 0 Å². The van der Waals surface area contributed by atoms with Crippen LogP contribution < -0.4 is 5.32 Å². The molecule has 0 spiro atoms. The Kier molecular flexibility index (Phi) is 3.44. The Morgan fingerprint density at radius 1 is 1.39 bits per heavy atom. The minimum atomic E-state index is -0.133. The van der Waals surface area contributed by atoms with Crippen molar-refractivity contribution >= 4 is 5.78 Å². The van der Waals surface area contributed by atoms with Crippen molar-refractivity contribution in [1.29, 1.82) is 0 Å². The number of nitrogens with one attached hydrogen (secondary N) is 1. The summed E-state index contributed by atoms with van der Waals surface area (Å²) in [6.45, 7) is 7.18. The molecule has 98 valence electrons. The molecule has 2 rings (SSSR count). The molecule has 1 aliphatic rings. The normalized spacial score (nSPS) is 20.1. The summed E-state index contributed by atoms with van der Waals surface area (Å²) in [5, 5.41) is 13.1. The number of Topliss-reactive ketones (excluding diaryl/α,β-unsaturated/α-hetero) is 1. The van der Waals surface area contributed by atoms with Crippen LogP contribution in [-0.2, 0) is 5.41 Å². The fourth-order valence-electron chi connectivity index (χ4n) is 2.30. The fourth-order valence-corrected chi connectivity index (χ4v) is 2.30. The number of carbonyl (C=O) groups excluding carboxylic acids is 1. The average Bonchev–Trinajstić information content (AvgIpc) is 2.80. The third-order valence-electron chi connectivity index (χ3n) is 3.50. The maximum absolute atomic E-state index is 12.3. The standard InChI is InChI=1S/C15H21NO2/c1-15(2,3)10-6-7-13(17)11(9-10)14(18)12-5-4-8-16-12/h6-7,9,12,16-17H,4-5,8H2,1-3H3. The zero-order valence-corrected chi connectivity index (χ0v) is 11.3. The smallest absolute Gasteiger partial charge is 0.183 e. The summed E-state index contributed by atoms with van der Waals surface area (Å²) in [5.74, 6) is 0.0952. The molecule has 1 aromatic rings. The summed E-state index contributed by atoms with van der Waals surface area (Å²) < 4.78 is 0. The molecular weight excluding hydrogens is 226 g/mol. The van der Waals surface area contributed by atoms with Gasteiger partial charge in [0, 0.05) is 0 Å². The van der Waals surface area contributed by atoms with Crippen molar-refractivity contribution < 1.29 is 9.90 Å². The molecule has 18 heavy (non-hydrogen) atoms. The largest absolute Gasteiger partial charge is 0.507 e. The zero-order valence-electron chi connectivity index (χ0n) is 11.3. The molecule has 0 bridgehead atoms. The molecule has 0 radical (unpaired) electrons. The first-order valence-electron chi connectivity index (χ1n) is 6.50. The summed E-state index contributed by atoms with van der Waals surface area (Å²) in [4.78, 5) is 12.3. The van der Waals surface area contributed by atoms with E-state index in [1.54, 1.807) is 6.07 Å². The lowest BCUT2D eigenvalue weighted by Gasteiger charge is -2.20. The van der Waals surface area contributed by atoms with Gasteiger partial charge in [0.2, 0.25) is 0 Å². The molecule has 0 aliphatic carbocycles. The Morgan fingerprint density at radius 2 is 2.11 bits per heavy atom. The van der Waals surface area contributed by atoms with Gasteiger partial charge >= 0.3 is 0 Å². The zero-order chi connectivity index (χ0) is 13.3. The summed E-state index contributed by atoms with van der Waals surface area (Å²) in [5.41, 5.74) is 1.50. The molecule has 3 nitrogen and oxygen atoms in total. The van der Waals surface area contributed by atoms with E-state index in [1.165, 1.54) is 0 Å². The van der Waals surface area contributed by atoms with Crippen molar-refractivity contribution in [3.05, 3.63) is 29.3 Å². The van der Waals surface area contributed by atoms with Gasteiger partial charge in [-0.1, -0.05) is 26.8 Å². The Labute approximate surface area is 108 Å². The molecule has 2 N–H and O–H groups in total. The number of carbonyl (C=O) groups is 1. The highest BCUT2D eigenvalue weighted by molar-refractivity contribution is 6.02. The molecule has 1 aromatic carbocycles. The molecular formula is C15H21NO2. The summed E-state index contributed by atoms with van der Waals surface area (Å²) >= 11 is 0. The third-order valence-corrected chi connectivity index (χ3v) is 3.50. The molecule has 1 atom stereocenters. The van der Waals surface area contributed by atoms with Crippen LogP contribution in [0.4, 0.5) is 0 Å².